The van der Waals surface area contributed by atoms with Crippen LogP contribution in [-0.4, -0.2) is 44.7 Å². The minimum absolute atomic E-state index is 0.101. The number of carbonyl (C=O) groups is 1. The number of pyridine rings is 1. The summed E-state index contributed by atoms with van der Waals surface area (Å²) in [7, 11) is 0. The topological polar surface area (TPSA) is 89.3 Å². The Morgan fingerprint density at radius 1 is 1.37 bits per heavy atom. The minimum atomic E-state index is -1.41. The van der Waals surface area contributed by atoms with E-state index in [0.29, 0.717) is 29.7 Å². The van der Waals surface area contributed by atoms with Gasteiger partial charge in [0.15, 0.2) is 12.5 Å². The Labute approximate surface area is 173 Å². The molecule has 156 valence electrons. The number of nitrogens with zero attached hydrogens (tertiary/aromatic N) is 3. The normalized spacial score (nSPS) is 20.0. The van der Waals surface area contributed by atoms with Gasteiger partial charge in [-0.2, -0.15) is 5.10 Å². The summed E-state index contributed by atoms with van der Waals surface area (Å²) < 4.78 is 22.2. The second-order valence-corrected chi connectivity index (χ2v) is 7.31. The van der Waals surface area contributed by atoms with Gasteiger partial charge in [-0.05, 0) is 60.7 Å². The summed E-state index contributed by atoms with van der Waals surface area (Å²) in [6, 6.07) is 9.78. The molecule has 7 nitrogen and oxygen atoms in total. The van der Waals surface area contributed by atoms with E-state index >= 15 is 4.39 Å². The molecule has 1 saturated heterocycles. The Hall–Kier alpha value is -3.10. The van der Waals surface area contributed by atoms with Gasteiger partial charge in [-0.3, -0.25) is 9.78 Å². The molecule has 4 rings (SSSR count). The van der Waals surface area contributed by atoms with E-state index in [1.165, 1.54) is 12.3 Å². The molecular formula is C22H23FN4O3. The first kappa shape index (κ1) is 20.2. The van der Waals surface area contributed by atoms with Gasteiger partial charge < -0.3 is 15.2 Å². The molecule has 0 spiro atoms. The SMILES string of the molecule is Cc1cnc(C(=O)N[C@H]2CCCO[C@H]2O)cc1C(F)c1ccc(-n2cccn2)cc1. The molecule has 30 heavy (non-hydrogen) atoms. The molecule has 2 aromatic heterocycles. The molecule has 1 unspecified atom stereocenters. The Kier molecular flexibility index (Phi) is 5.87. The number of ether oxygens (including phenoxy) is 1. The third kappa shape index (κ3) is 4.24. The summed E-state index contributed by atoms with van der Waals surface area (Å²) in [4.78, 5) is 16.7. The van der Waals surface area contributed by atoms with Crippen LogP contribution in [0, 0.1) is 6.92 Å². The van der Waals surface area contributed by atoms with Crippen LogP contribution in [0.25, 0.3) is 5.69 Å². The Bertz CT molecular complexity index is 1010. The van der Waals surface area contributed by atoms with Gasteiger partial charge in [0.2, 0.25) is 0 Å². The molecule has 8 heteroatoms. The summed E-state index contributed by atoms with van der Waals surface area (Å²) in [5.41, 5.74) is 2.43. The maximum atomic E-state index is 15.3. The van der Waals surface area contributed by atoms with Gasteiger partial charge in [0.05, 0.1) is 11.7 Å². The van der Waals surface area contributed by atoms with Gasteiger partial charge in [-0.25, -0.2) is 9.07 Å². The first-order valence-corrected chi connectivity index (χ1v) is 9.84. The summed E-state index contributed by atoms with van der Waals surface area (Å²) in [5, 5.41) is 16.8. The van der Waals surface area contributed by atoms with E-state index in [4.69, 9.17) is 4.74 Å². The lowest BCUT2D eigenvalue weighted by molar-refractivity contribution is -0.139. The summed E-state index contributed by atoms with van der Waals surface area (Å²) in [6.07, 6.45) is 3.88. The summed E-state index contributed by atoms with van der Waals surface area (Å²) >= 11 is 0. The van der Waals surface area contributed by atoms with E-state index in [1.54, 1.807) is 42.1 Å². The molecule has 1 aromatic carbocycles. The lowest BCUT2D eigenvalue weighted by atomic mass is 9.99. The van der Waals surface area contributed by atoms with Crippen LogP contribution in [0.1, 0.15) is 46.2 Å². The third-order valence-electron chi connectivity index (χ3n) is 5.21. The van der Waals surface area contributed by atoms with E-state index in [2.05, 4.69) is 15.4 Å². The number of rotatable bonds is 5. The van der Waals surface area contributed by atoms with Crippen molar-refractivity contribution in [2.24, 2.45) is 0 Å². The standard InChI is InChI=1S/C22H23FN4O3/c1-14-13-24-19(21(28)26-18-4-2-11-30-22(18)29)12-17(14)20(23)15-5-7-16(8-6-15)27-10-3-9-25-27/h3,5-10,12-13,18,20,22,29H,2,4,11H2,1H3,(H,26,28)/t18-,20?,22+/m0/s1. The predicted octanol–water partition coefficient (Wildman–Crippen LogP) is 2.86. The molecule has 3 aromatic rings. The van der Waals surface area contributed by atoms with Crippen LogP contribution in [-0.2, 0) is 4.74 Å². The van der Waals surface area contributed by atoms with Crippen molar-refractivity contribution in [2.75, 3.05) is 6.61 Å². The monoisotopic (exact) mass is 410 g/mol. The maximum absolute atomic E-state index is 15.3. The zero-order valence-corrected chi connectivity index (χ0v) is 16.5. The molecule has 1 fully saturated rings. The molecule has 1 aliphatic heterocycles. The average molecular weight is 410 g/mol. The van der Waals surface area contributed by atoms with Crippen molar-refractivity contribution < 1.29 is 19.0 Å². The van der Waals surface area contributed by atoms with Crippen molar-refractivity contribution in [3.63, 3.8) is 0 Å². The lowest BCUT2D eigenvalue weighted by Crippen LogP contribution is -2.47. The van der Waals surface area contributed by atoms with Gasteiger partial charge in [-0.1, -0.05) is 12.1 Å². The zero-order valence-electron chi connectivity index (χ0n) is 16.5. The summed E-state index contributed by atoms with van der Waals surface area (Å²) in [6.45, 7) is 2.22. The average Bonchev–Trinajstić information content (AvgIpc) is 3.30. The highest BCUT2D eigenvalue weighted by Gasteiger charge is 2.27. The van der Waals surface area contributed by atoms with Gasteiger partial charge >= 0.3 is 0 Å². The van der Waals surface area contributed by atoms with E-state index < -0.39 is 24.4 Å². The van der Waals surface area contributed by atoms with Crippen LogP contribution in [0.15, 0.2) is 55.0 Å². The number of nitrogens with one attached hydrogen (secondary N) is 1. The second-order valence-electron chi connectivity index (χ2n) is 7.31. The van der Waals surface area contributed by atoms with Crippen molar-refractivity contribution >= 4 is 5.91 Å². The maximum Gasteiger partial charge on any atom is 0.270 e. The number of amides is 1. The van der Waals surface area contributed by atoms with Gasteiger partial charge in [-0.15, -0.1) is 0 Å². The van der Waals surface area contributed by atoms with Crippen LogP contribution in [0.5, 0.6) is 0 Å². The molecule has 0 radical (unpaired) electrons. The molecular weight excluding hydrogens is 387 g/mol. The van der Waals surface area contributed by atoms with Crippen molar-refractivity contribution in [3.05, 3.63) is 77.4 Å². The van der Waals surface area contributed by atoms with Crippen LogP contribution in [0.2, 0.25) is 0 Å². The largest absolute Gasteiger partial charge is 0.366 e. The molecule has 1 aliphatic rings. The van der Waals surface area contributed by atoms with E-state index in [0.717, 1.165) is 12.1 Å². The number of hydrogen-bond acceptors (Lipinski definition) is 5. The fraction of sp³-hybridized carbons (Fsp3) is 0.318. The first-order valence-electron chi connectivity index (χ1n) is 9.84. The fourth-order valence-corrected chi connectivity index (χ4v) is 3.49. The molecule has 0 saturated carbocycles. The Balaban J connectivity index is 1.53. The zero-order chi connectivity index (χ0) is 21.1. The molecule has 1 amide bonds. The van der Waals surface area contributed by atoms with Crippen LogP contribution < -0.4 is 5.32 Å². The first-order chi connectivity index (χ1) is 14.5. The molecule has 2 N–H and O–H groups in total. The summed E-state index contributed by atoms with van der Waals surface area (Å²) in [5.74, 6) is -0.466. The Morgan fingerprint density at radius 2 is 2.17 bits per heavy atom. The molecule has 3 atom stereocenters. The third-order valence-corrected chi connectivity index (χ3v) is 5.21. The van der Waals surface area contributed by atoms with Crippen molar-refractivity contribution in [1.82, 2.24) is 20.1 Å². The number of aliphatic hydroxyl groups is 1. The smallest absolute Gasteiger partial charge is 0.270 e. The van der Waals surface area contributed by atoms with Gasteiger partial charge in [0.1, 0.15) is 5.69 Å². The predicted molar refractivity (Wildman–Crippen MR) is 108 cm³/mol. The second kappa shape index (κ2) is 8.73. The van der Waals surface area contributed by atoms with E-state index in [-0.39, 0.29) is 5.69 Å². The highest BCUT2D eigenvalue weighted by molar-refractivity contribution is 5.92. The van der Waals surface area contributed by atoms with Crippen molar-refractivity contribution in [1.29, 1.82) is 0 Å². The number of aliphatic hydroxyl groups excluding tert-OH is 1. The number of aromatic nitrogens is 3. The van der Waals surface area contributed by atoms with E-state index in [1.807, 2.05) is 12.3 Å². The quantitative estimate of drug-likeness (QED) is 0.675. The van der Waals surface area contributed by atoms with Crippen LogP contribution in [0.3, 0.4) is 0 Å². The van der Waals surface area contributed by atoms with E-state index in [9.17, 15) is 9.90 Å². The number of alkyl halides is 1. The van der Waals surface area contributed by atoms with Crippen LogP contribution >= 0.6 is 0 Å². The minimum Gasteiger partial charge on any atom is -0.366 e. The highest BCUT2D eigenvalue weighted by Crippen LogP contribution is 2.29. The number of carbonyl (C=O) groups excluding carboxylic acids is 1. The number of aryl methyl sites for hydroxylation is 1. The Morgan fingerprint density at radius 3 is 2.87 bits per heavy atom. The number of halogens is 1. The number of benzene rings is 1. The number of hydrogen-bond donors (Lipinski definition) is 2. The highest BCUT2D eigenvalue weighted by atomic mass is 19.1. The molecule has 0 bridgehead atoms. The van der Waals surface area contributed by atoms with Crippen molar-refractivity contribution in [2.45, 2.75) is 38.3 Å². The van der Waals surface area contributed by atoms with Gasteiger partial charge in [0.25, 0.3) is 5.91 Å². The molecule has 0 aliphatic carbocycles. The lowest BCUT2D eigenvalue weighted by Gasteiger charge is -2.28. The van der Waals surface area contributed by atoms with Gasteiger partial charge in [0, 0.05) is 25.2 Å². The van der Waals surface area contributed by atoms with Crippen LogP contribution in [0.4, 0.5) is 4.39 Å². The fourth-order valence-electron chi connectivity index (χ4n) is 3.49. The molecule has 3 heterocycles. The van der Waals surface area contributed by atoms with Crippen molar-refractivity contribution in [3.8, 4) is 5.69 Å².